The van der Waals surface area contributed by atoms with Gasteiger partial charge in [-0.05, 0) is 35.9 Å². The van der Waals surface area contributed by atoms with E-state index in [1.54, 1.807) is 6.33 Å². The van der Waals surface area contributed by atoms with E-state index in [0.29, 0.717) is 19.5 Å². The number of aliphatic hydroxyl groups is 1. The summed E-state index contributed by atoms with van der Waals surface area (Å²) in [7, 11) is 1.88. The molecule has 1 fully saturated rings. The molecule has 0 spiro atoms. The first-order valence-electron chi connectivity index (χ1n) is 9.81. The van der Waals surface area contributed by atoms with Gasteiger partial charge in [-0.3, -0.25) is 9.69 Å². The van der Waals surface area contributed by atoms with Gasteiger partial charge >= 0.3 is 0 Å². The summed E-state index contributed by atoms with van der Waals surface area (Å²) in [6.07, 6.45) is 1.52. The minimum atomic E-state index is -0.779. The maximum Gasteiger partial charge on any atom is 0.217 e. The number of carbonyl (C=O) groups excluding carboxylic acids is 1. The van der Waals surface area contributed by atoms with Crippen LogP contribution < -0.4 is 5.32 Å². The van der Waals surface area contributed by atoms with Crippen molar-refractivity contribution >= 4 is 17.7 Å². The first-order valence-corrected chi connectivity index (χ1v) is 10.6. The van der Waals surface area contributed by atoms with E-state index in [-0.39, 0.29) is 5.91 Å². The van der Waals surface area contributed by atoms with E-state index in [0.717, 1.165) is 28.1 Å². The Labute approximate surface area is 179 Å². The van der Waals surface area contributed by atoms with Gasteiger partial charge in [0.2, 0.25) is 5.91 Å². The molecule has 1 saturated heterocycles. The van der Waals surface area contributed by atoms with Gasteiger partial charge in [-0.15, -0.1) is 10.2 Å². The summed E-state index contributed by atoms with van der Waals surface area (Å²) in [6.45, 7) is 3.23. The zero-order valence-electron chi connectivity index (χ0n) is 17.0. The highest BCUT2D eigenvalue weighted by Crippen LogP contribution is 2.34. The number of furan rings is 1. The van der Waals surface area contributed by atoms with Crippen LogP contribution in [0.25, 0.3) is 0 Å². The van der Waals surface area contributed by atoms with Gasteiger partial charge in [-0.25, -0.2) is 0 Å². The van der Waals surface area contributed by atoms with Gasteiger partial charge in [0.1, 0.15) is 12.1 Å². The van der Waals surface area contributed by atoms with Gasteiger partial charge < -0.3 is 19.4 Å². The molecule has 3 aromatic rings. The summed E-state index contributed by atoms with van der Waals surface area (Å²) in [4.78, 5) is 14.0. The van der Waals surface area contributed by atoms with Crippen molar-refractivity contribution < 1.29 is 14.3 Å². The lowest BCUT2D eigenvalue weighted by molar-refractivity contribution is -0.125. The summed E-state index contributed by atoms with van der Waals surface area (Å²) in [5, 5.41) is 23.5. The molecule has 30 heavy (non-hydrogen) atoms. The molecule has 0 aliphatic carbocycles. The summed E-state index contributed by atoms with van der Waals surface area (Å²) < 4.78 is 7.77. The van der Waals surface area contributed by atoms with Crippen molar-refractivity contribution in [2.45, 2.75) is 41.8 Å². The van der Waals surface area contributed by atoms with Gasteiger partial charge in [-0.2, -0.15) is 0 Å². The van der Waals surface area contributed by atoms with E-state index in [2.05, 4.69) is 20.4 Å². The van der Waals surface area contributed by atoms with E-state index >= 15 is 0 Å². The largest absolute Gasteiger partial charge is 0.453 e. The molecular weight excluding hydrogens is 402 g/mol. The molecule has 2 aromatic heterocycles. The van der Waals surface area contributed by atoms with Gasteiger partial charge in [0.05, 0.1) is 18.2 Å². The molecule has 8 nitrogen and oxygen atoms in total. The topological polar surface area (TPSA) is 96.4 Å². The third-order valence-electron chi connectivity index (χ3n) is 5.39. The molecule has 158 valence electrons. The number of likely N-dealkylation sites (tertiary alicyclic amines) is 1. The van der Waals surface area contributed by atoms with Crippen LogP contribution in [0.4, 0.5) is 0 Å². The Morgan fingerprint density at radius 3 is 2.80 bits per heavy atom. The Hall–Kier alpha value is -2.62. The van der Waals surface area contributed by atoms with Gasteiger partial charge in [0.15, 0.2) is 10.2 Å². The summed E-state index contributed by atoms with van der Waals surface area (Å²) in [5.41, 5.74) is 0.145. The second-order valence-corrected chi connectivity index (χ2v) is 8.54. The quantitative estimate of drug-likeness (QED) is 0.622. The fourth-order valence-electron chi connectivity index (χ4n) is 3.91. The molecule has 0 bridgehead atoms. The lowest BCUT2D eigenvalue weighted by Crippen LogP contribution is -2.61. The number of nitrogens with one attached hydrogen (secondary N) is 1. The first-order chi connectivity index (χ1) is 14.5. The monoisotopic (exact) mass is 427 g/mol. The Balaban J connectivity index is 1.44. The normalized spacial score (nSPS) is 22.2. The molecule has 1 aromatic carbocycles. The number of hydrogen-bond donors (Lipinski definition) is 2. The molecule has 3 heterocycles. The zero-order valence-corrected chi connectivity index (χ0v) is 17.8. The fraction of sp³-hybridized carbons (Fsp3) is 0.381. The molecule has 2 N–H and O–H groups in total. The molecule has 0 saturated carbocycles. The number of nitrogens with zero attached hydrogens (tertiary/aromatic N) is 4. The summed E-state index contributed by atoms with van der Waals surface area (Å²) in [5.74, 6) is 0.668. The Bertz CT molecular complexity index is 1010. The second kappa shape index (κ2) is 8.63. The standard InChI is InChI=1S/C21H25N5O3S/c1-15(27)23-21(16-6-4-3-5-7-16)10-11-26(13-18(21)28)12-17-8-9-19(29-17)30-20-24-22-14-25(20)2/h3-9,14,18,28H,10-13H2,1-2H3,(H,23,27)/t18-,21-/m1/s1. The lowest BCUT2D eigenvalue weighted by Gasteiger charge is -2.46. The highest BCUT2D eigenvalue weighted by atomic mass is 32.2. The van der Waals surface area contributed by atoms with Crippen LogP contribution >= 0.6 is 11.8 Å². The summed E-state index contributed by atoms with van der Waals surface area (Å²) >= 11 is 1.42. The fourth-order valence-corrected chi connectivity index (χ4v) is 4.66. The maximum absolute atomic E-state index is 11.9. The van der Waals surface area contributed by atoms with Crippen LogP contribution in [0.1, 0.15) is 24.7 Å². The molecule has 4 rings (SSSR count). The number of amides is 1. The molecule has 1 amide bonds. The second-order valence-electron chi connectivity index (χ2n) is 7.57. The molecule has 2 atom stereocenters. The molecule has 1 aliphatic rings. The van der Waals surface area contributed by atoms with Crippen LogP contribution in [-0.2, 0) is 23.9 Å². The Morgan fingerprint density at radius 1 is 1.33 bits per heavy atom. The van der Waals surface area contributed by atoms with Gasteiger partial charge in [-0.1, -0.05) is 30.3 Å². The molecule has 1 aliphatic heterocycles. The van der Waals surface area contributed by atoms with Crippen LogP contribution in [0.5, 0.6) is 0 Å². The van der Waals surface area contributed by atoms with E-state index in [1.807, 2.05) is 54.1 Å². The number of β-amino-alcohol motifs (C(OH)–C–C–N with tert-alkyl or cyclic N) is 1. The van der Waals surface area contributed by atoms with Crippen molar-refractivity contribution in [2.75, 3.05) is 13.1 Å². The Morgan fingerprint density at radius 2 is 2.13 bits per heavy atom. The number of aryl methyl sites for hydroxylation is 1. The number of benzene rings is 1. The number of rotatable bonds is 6. The first kappa shape index (κ1) is 20.6. The SMILES string of the molecule is CC(=O)N[C@@]1(c2ccccc2)CCN(Cc2ccc(Sc3nncn3C)o2)C[C@H]1O. The number of carbonyl (C=O) groups is 1. The third-order valence-corrected chi connectivity index (χ3v) is 6.36. The third kappa shape index (κ3) is 4.28. The number of piperidine rings is 1. The van der Waals surface area contributed by atoms with Crippen molar-refractivity contribution in [3.8, 4) is 0 Å². The van der Waals surface area contributed by atoms with Crippen LogP contribution in [0.15, 0.2) is 63.5 Å². The van der Waals surface area contributed by atoms with E-state index in [1.165, 1.54) is 18.7 Å². The van der Waals surface area contributed by atoms with Crippen LogP contribution in [0.2, 0.25) is 0 Å². The van der Waals surface area contributed by atoms with Crippen molar-refractivity contribution in [1.29, 1.82) is 0 Å². The predicted octanol–water partition coefficient (Wildman–Crippen LogP) is 2.16. The lowest BCUT2D eigenvalue weighted by atomic mass is 9.78. The average molecular weight is 428 g/mol. The highest BCUT2D eigenvalue weighted by molar-refractivity contribution is 7.99. The molecular formula is C21H25N5O3S. The number of aromatic nitrogens is 3. The highest BCUT2D eigenvalue weighted by Gasteiger charge is 2.44. The summed E-state index contributed by atoms with van der Waals surface area (Å²) in [6, 6.07) is 13.6. The smallest absolute Gasteiger partial charge is 0.217 e. The number of hydrogen-bond acceptors (Lipinski definition) is 7. The van der Waals surface area contributed by atoms with Crippen molar-refractivity contribution in [1.82, 2.24) is 25.0 Å². The molecule has 0 radical (unpaired) electrons. The molecule has 9 heteroatoms. The number of aliphatic hydroxyl groups excluding tert-OH is 1. The van der Waals surface area contributed by atoms with Crippen molar-refractivity contribution in [3.05, 3.63) is 60.1 Å². The van der Waals surface area contributed by atoms with Crippen LogP contribution in [-0.4, -0.2) is 49.9 Å². The molecule has 0 unspecified atom stereocenters. The predicted molar refractivity (Wildman–Crippen MR) is 112 cm³/mol. The van der Waals surface area contributed by atoms with E-state index < -0.39 is 11.6 Å². The van der Waals surface area contributed by atoms with Gasteiger partial charge in [0, 0.05) is 27.1 Å². The average Bonchev–Trinajstić information content (AvgIpc) is 3.34. The van der Waals surface area contributed by atoms with Crippen molar-refractivity contribution in [3.63, 3.8) is 0 Å². The van der Waals surface area contributed by atoms with Crippen molar-refractivity contribution in [2.24, 2.45) is 7.05 Å². The van der Waals surface area contributed by atoms with E-state index in [4.69, 9.17) is 4.42 Å². The van der Waals surface area contributed by atoms with E-state index in [9.17, 15) is 9.90 Å². The van der Waals surface area contributed by atoms with Crippen LogP contribution in [0.3, 0.4) is 0 Å². The Kier molecular flexibility index (Phi) is 5.94. The van der Waals surface area contributed by atoms with Gasteiger partial charge in [0.25, 0.3) is 0 Å². The minimum absolute atomic E-state index is 0.150. The zero-order chi connectivity index (χ0) is 21.1. The minimum Gasteiger partial charge on any atom is -0.453 e. The maximum atomic E-state index is 11.9. The van der Waals surface area contributed by atoms with Crippen LogP contribution in [0, 0.1) is 0 Å².